The molecule has 162 valence electrons. The first-order valence-corrected chi connectivity index (χ1v) is 11.1. The van der Waals surface area contributed by atoms with E-state index in [1.165, 1.54) is 13.0 Å². The van der Waals surface area contributed by atoms with Crippen LogP contribution in [0.25, 0.3) is 11.4 Å². The van der Waals surface area contributed by atoms with Gasteiger partial charge in [-0.25, -0.2) is 0 Å². The second-order valence-corrected chi connectivity index (χ2v) is 10.4. The summed E-state index contributed by atoms with van der Waals surface area (Å²) in [7, 11) is 1.89. The van der Waals surface area contributed by atoms with Crippen LogP contribution in [-0.2, 0) is 11.8 Å². The van der Waals surface area contributed by atoms with Crippen molar-refractivity contribution in [3.05, 3.63) is 23.9 Å². The molecule has 2 aliphatic rings. The second-order valence-electron chi connectivity index (χ2n) is 10.4. The molecule has 1 aliphatic heterocycles. The Bertz CT molecular complexity index is 864. The van der Waals surface area contributed by atoms with Gasteiger partial charge in [0.15, 0.2) is 5.82 Å². The molecule has 30 heavy (non-hydrogen) atoms. The van der Waals surface area contributed by atoms with Crippen molar-refractivity contribution in [3.63, 3.8) is 0 Å². The number of hydrogen-bond donors (Lipinski definition) is 1. The van der Waals surface area contributed by atoms with E-state index in [2.05, 4.69) is 46.3 Å². The Kier molecular flexibility index (Phi) is 5.66. The quantitative estimate of drug-likeness (QED) is 0.816. The number of likely N-dealkylation sites (tertiary alicyclic amines) is 1. The maximum atomic E-state index is 12.8. The first-order chi connectivity index (χ1) is 14.2. The molecule has 0 unspecified atom stereocenters. The fourth-order valence-electron chi connectivity index (χ4n) is 4.96. The number of nitrogens with one attached hydrogen (secondary N) is 1. The summed E-state index contributed by atoms with van der Waals surface area (Å²) in [6.45, 7) is 12.4. The van der Waals surface area contributed by atoms with Gasteiger partial charge in [0.2, 0.25) is 5.91 Å². The van der Waals surface area contributed by atoms with E-state index < -0.39 is 0 Å². The Hall–Kier alpha value is -2.28. The van der Waals surface area contributed by atoms with Crippen molar-refractivity contribution in [1.29, 1.82) is 0 Å². The average Bonchev–Trinajstić information content (AvgIpc) is 3.33. The van der Waals surface area contributed by atoms with Gasteiger partial charge in [0.25, 0.3) is 0 Å². The van der Waals surface area contributed by atoms with Gasteiger partial charge >= 0.3 is 0 Å². The minimum atomic E-state index is 0.0874. The summed E-state index contributed by atoms with van der Waals surface area (Å²) in [5.74, 6) is 2.01. The molecule has 2 fully saturated rings. The number of hydrogen-bond acceptors (Lipinski definition) is 5. The molecule has 1 saturated carbocycles. The Labute approximate surface area is 179 Å². The van der Waals surface area contributed by atoms with Crippen LogP contribution in [0.5, 0.6) is 0 Å². The van der Waals surface area contributed by atoms with Crippen LogP contribution in [0.15, 0.2) is 18.3 Å². The zero-order chi connectivity index (χ0) is 21.5. The molecule has 0 aromatic carbocycles. The number of aryl methyl sites for hydroxylation is 2. The standard InChI is InChI=1S/C23H34N6O/c1-15-12-24-28(5)21(15)19-6-7-20(27-26-19)25-22(30)16-10-17-13-29(14-18(17)11-16)9-8-23(2,3)4/h6-7,12,16-18H,8-11,13-14H2,1-5H3,(H,25,27,30)/t16-,17-,18+. The van der Waals surface area contributed by atoms with Crippen molar-refractivity contribution in [2.24, 2.45) is 30.2 Å². The van der Waals surface area contributed by atoms with E-state index >= 15 is 0 Å². The molecule has 1 saturated heterocycles. The van der Waals surface area contributed by atoms with Gasteiger partial charge in [0.1, 0.15) is 5.69 Å². The van der Waals surface area contributed by atoms with E-state index in [-0.39, 0.29) is 11.8 Å². The summed E-state index contributed by atoms with van der Waals surface area (Å²) in [6, 6.07) is 3.72. The number of carbonyl (C=O) groups is 1. The van der Waals surface area contributed by atoms with E-state index in [4.69, 9.17) is 0 Å². The van der Waals surface area contributed by atoms with E-state index in [9.17, 15) is 4.79 Å². The molecule has 0 bridgehead atoms. The van der Waals surface area contributed by atoms with Gasteiger partial charge < -0.3 is 10.2 Å². The molecule has 7 nitrogen and oxygen atoms in total. The van der Waals surface area contributed by atoms with Crippen molar-refractivity contribution < 1.29 is 4.79 Å². The fourth-order valence-corrected chi connectivity index (χ4v) is 4.96. The van der Waals surface area contributed by atoms with Gasteiger partial charge in [0.05, 0.1) is 11.9 Å². The predicted molar refractivity (Wildman–Crippen MR) is 118 cm³/mol. The smallest absolute Gasteiger partial charge is 0.228 e. The van der Waals surface area contributed by atoms with Gasteiger partial charge in [-0.3, -0.25) is 9.48 Å². The zero-order valence-corrected chi connectivity index (χ0v) is 18.9. The van der Waals surface area contributed by atoms with E-state index in [0.717, 1.165) is 42.9 Å². The number of carbonyl (C=O) groups excluding carboxylic acids is 1. The van der Waals surface area contributed by atoms with Crippen LogP contribution in [0.1, 0.15) is 45.6 Å². The predicted octanol–water partition coefficient (Wildman–Crippen LogP) is 3.52. The van der Waals surface area contributed by atoms with Crippen molar-refractivity contribution >= 4 is 11.7 Å². The van der Waals surface area contributed by atoms with Crippen LogP contribution in [0.4, 0.5) is 5.82 Å². The van der Waals surface area contributed by atoms with E-state index in [1.807, 2.05) is 32.3 Å². The SMILES string of the molecule is Cc1cnn(C)c1-c1ccc(NC(=O)[C@@H]2C[C@@H]3CN(CCC(C)(C)C)C[C@@H]3C2)nn1. The van der Waals surface area contributed by atoms with Crippen molar-refractivity contribution in [1.82, 2.24) is 24.9 Å². The largest absolute Gasteiger partial charge is 0.309 e. The number of fused-ring (bicyclic) bond motifs is 1. The third kappa shape index (κ3) is 4.56. The minimum Gasteiger partial charge on any atom is -0.309 e. The number of anilines is 1. The third-order valence-electron chi connectivity index (χ3n) is 6.66. The molecule has 7 heteroatoms. The van der Waals surface area contributed by atoms with Crippen LogP contribution in [0.3, 0.4) is 0 Å². The summed E-state index contributed by atoms with van der Waals surface area (Å²) >= 11 is 0. The highest BCUT2D eigenvalue weighted by molar-refractivity contribution is 5.91. The third-order valence-corrected chi connectivity index (χ3v) is 6.66. The summed E-state index contributed by atoms with van der Waals surface area (Å²) in [5, 5.41) is 15.8. The second kappa shape index (κ2) is 8.10. The van der Waals surface area contributed by atoms with Gasteiger partial charge in [-0.1, -0.05) is 20.8 Å². The number of amides is 1. The Morgan fingerprint density at radius 2 is 1.87 bits per heavy atom. The molecule has 2 aromatic rings. The van der Waals surface area contributed by atoms with Crippen LogP contribution >= 0.6 is 0 Å². The molecule has 2 aromatic heterocycles. The average molecular weight is 411 g/mol. The molecule has 0 spiro atoms. The summed E-state index contributed by atoms with van der Waals surface area (Å²) in [5.41, 5.74) is 3.14. The lowest BCUT2D eigenvalue weighted by Crippen LogP contribution is -2.28. The van der Waals surface area contributed by atoms with Gasteiger partial charge in [-0.05, 0) is 67.7 Å². The van der Waals surface area contributed by atoms with Crippen LogP contribution in [0.2, 0.25) is 0 Å². The lowest BCUT2D eigenvalue weighted by Gasteiger charge is -2.24. The maximum Gasteiger partial charge on any atom is 0.228 e. The molecular formula is C23H34N6O. The number of rotatable bonds is 5. The van der Waals surface area contributed by atoms with Gasteiger partial charge in [0, 0.05) is 26.1 Å². The molecule has 3 atom stereocenters. The lowest BCUT2D eigenvalue weighted by molar-refractivity contribution is -0.119. The molecule has 3 heterocycles. The summed E-state index contributed by atoms with van der Waals surface area (Å²) in [6.07, 6.45) is 5.02. The molecule has 1 aliphatic carbocycles. The van der Waals surface area contributed by atoms with Crippen LogP contribution in [0, 0.1) is 30.1 Å². The normalized spacial score (nSPS) is 24.2. The van der Waals surface area contributed by atoms with E-state index in [0.29, 0.717) is 23.1 Å². The highest BCUT2D eigenvalue weighted by Gasteiger charge is 2.43. The number of nitrogens with zero attached hydrogens (tertiary/aromatic N) is 5. The van der Waals surface area contributed by atoms with Crippen molar-refractivity contribution in [2.75, 3.05) is 25.0 Å². The zero-order valence-electron chi connectivity index (χ0n) is 18.9. The van der Waals surface area contributed by atoms with E-state index in [1.54, 1.807) is 4.68 Å². The summed E-state index contributed by atoms with van der Waals surface area (Å²) in [4.78, 5) is 15.4. The summed E-state index contributed by atoms with van der Waals surface area (Å²) < 4.78 is 1.79. The Balaban J connectivity index is 1.30. The monoisotopic (exact) mass is 410 g/mol. The molecule has 1 amide bonds. The highest BCUT2D eigenvalue weighted by atomic mass is 16.2. The number of aromatic nitrogens is 4. The molecule has 0 radical (unpaired) electrons. The van der Waals surface area contributed by atoms with Gasteiger partial charge in [-0.15, -0.1) is 10.2 Å². The Morgan fingerprint density at radius 1 is 1.17 bits per heavy atom. The fraction of sp³-hybridized carbons (Fsp3) is 0.652. The minimum absolute atomic E-state index is 0.0874. The van der Waals surface area contributed by atoms with Crippen LogP contribution in [-0.4, -0.2) is 50.4 Å². The molecule has 1 N–H and O–H groups in total. The van der Waals surface area contributed by atoms with Crippen molar-refractivity contribution in [3.8, 4) is 11.4 Å². The van der Waals surface area contributed by atoms with Gasteiger partial charge in [-0.2, -0.15) is 5.10 Å². The molecular weight excluding hydrogens is 376 g/mol. The Morgan fingerprint density at radius 3 is 2.40 bits per heavy atom. The first-order valence-electron chi connectivity index (χ1n) is 11.1. The van der Waals surface area contributed by atoms with Crippen LogP contribution < -0.4 is 5.32 Å². The molecule has 4 rings (SSSR count). The highest BCUT2D eigenvalue weighted by Crippen LogP contribution is 2.42. The first kappa shape index (κ1) is 21.0. The topological polar surface area (TPSA) is 75.9 Å². The maximum absolute atomic E-state index is 12.8. The lowest BCUT2D eigenvalue weighted by atomic mass is 9.92. The van der Waals surface area contributed by atoms with Crippen molar-refractivity contribution in [2.45, 2.75) is 47.0 Å².